The molecule has 2 aromatic rings. The van der Waals surface area contributed by atoms with Crippen molar-refractivity contribution in [2.45, 2.75) is 16.1 Å². The van der Waals surface area contributed by atoms with Gasteiger partial charge in [0, 0.05) is 16.7 Å². The second-order valence-electron chi connectivity index (χ2n) is 3.77. The van der Waals surface area contributed by atoms with Gasteiger partial charge in [0.25, 0.3) is 0 Å². The quantitative estimate of drug-likeness (QED) is 0.519. The average Bonchev–Trinajstić information content (AvgIpc) is 2.38. The van der Waals surface area contributed by atoms with E-state index in [2.05, 4.69) is 9.97 Å². The number of benzene rings is 1. The van der Waals surface area contributed by atoms with Gasteiger partial charge in [0.05, 0.1) is 5.56 Å². The summed E-state index contributed by atoms with van der Waals surface area (Å²) in [6.07, 6.45) is -1.66. The number of amidine groups is 1. The zero-order valence-electron chi connectivity index (χ0n) is 9.98. The Labute approximate surface area is 116 Å². The largest absolute Gasteiger partial charge is 0.417 e. The number of nitrogens with two attached hydrogens (primary N) is 1. The Kier molecular flexibility index (Phi) is 3.93. The second kappa shape index (κ2) is 5.49. The molecule has 0 saturated heterocycles. The smallest absolute Gasteiger partial charge is 0.384 e. The summed E-state index contributed by atoms with van der Waals surface area (Å²) in [4.78, 5) is 8.23. The number of nitrogens with one attached hydrogen (secondary N) is 1. The van der Waals surface area contributed by atoms with Crippen molar-refractivity contribution in [2.75, 3.05) is 0 Å². The number of rotatable bonds is 3. The van der Waals surface area contributed by atoms with Crippen LogP contribution in [0.15, 0.2) is 46.7 Å². The molecule has 0 radical (unpaired) electrons. The molecular weight excluding hydrogens is 289 g/mol. The van der Waals surface area contributed by atoms with E-state index in [1.54, 1.807) is 6.07 Å². The molecule has 2 rings (SSSR count). The standard InChI is InChI=1S/C12H9F3N4S/c13-12(14,15)9-2-1-7(5-8(9)11(16)17)20-10-3-4-18-6-19-10/h1-6H,(H3,16,17). The predicted octanol–water partition coefficient (Wildman–Crippen LogP) is 2.93. The Morgan fingerprint density at radius 3 is 2.55 bits per heavy atom. The molecule has 20 heavy (non-hydrogen) atoms. The summed E-state index contributed by atoms with van der Waals surface area (Å²) in [7, 11) is 0. The number of hydrogen-bond acceptors (Lipinski definition) is 4. The van der Waals surface area contributed by atoms with E-state index in [1.165, 1.54) is 36.4 Å². The molecule has 0 fully saturated rings. The molecule has 8 heteroatoms. The molecular formula is C12H9F3N4S. The molecule has 0 atom stereocenters. The maximum atomic E-state index is 12.8. The molecule has 0 unspecified atom stereocenters. The number of halogens is 3. The molecule has 0 aliphatic rings. The van der Waals surface area contributed by atoms with Crippen LogP contribution in [0.1, 0.15) is 11.1 Å². The van der Waals surface area contributed by atoms with Gasteiger partial charge < -0.3 is 5.73 Å². The van der Waals surface area contributed by atoms with Crippen LogP contribution >= 0.6 is 11.8 Å². The van der Waals surface area contributed by atoms with Crippen LogP contribution in [0.25, 0.3) is 0 Å². The van der Waals surface area contributed by atoms with E-state index in [4.69, 9.17) is 11.1 Å². The minimum atomic E-state index is -4.54. The zero-order valence-corrected chi connectivity index (χ0v) is 10.8. The first-order chi connectivity index (χ1) is 9.38. The van der Waals surface area contributed by atoms with Crippen LogP contribution in [0.5, 0.6) is 0 Å². The van der Waals surface area contributed by atoms with E-state index >= 15 is 0 Å². The maximum Gasteiger partial charge on any atom is 0.417 e. The van der Waals surface area contributed by atoms with Crippen LogP contribution in [0.3, 0.4) is 0 Å². The van der Waals surface area contributed by atoms with Crippen LogP contribution in [0, 0.1) is 5.41 Å². The van der Waals surface area contributed by atoms with E-state index in [-0.39, 0.29) is 5.56 Å². The third kappa shape index (κ3) is 3.27. The van der Waals surface area contributed by atoms with Crippen molar-refractivity contribution in [1.29, 1.82) is 5.41 Å². The molecule has 4 nitrogen and oxygen atoms in total. The van der Waals surface area contributed by atoms with Crippen molar-refractivity contribution in [2.24, 2.45) is 5.73 Å². The van der Waals surface area contributed by atoms with Crippen molar-refractivity contribution in [1.82, 2.24) is 9.97 Å². The summed E-state index contributed by atoms with van der Waals surface area (Å²) in [6.45, 7) is 0. The minimum absolute atomic E-state index is 0.337. The molecule has 0 spiro atoms. The predicted molar refractivity (Wildman–Crippen MR) is 68.6 cm³/mol. The number of nitrogens with zero attached hydrogens (tertiary/aromatic N) is 2. The van der Waals surface area contributed by atoms with Gasteiger partial charge in [-0.2, -0.15) is 13.2 Å². The number of aromatic nitrogens is 2. The fourth-order valence-electron chi connectivity index (χ4n) is 1.52. The zero-order chi connectivity index (χ0) is 14.8. The molecule has 1 aromatic carbocycles. The first-order valence-corrected chi connectivity index (χ1v) is 6.19. The molecule has 104 valence electrons. The highest BCUT2D eigenvalue weighted by Gasteiger charge is 2.34. The summed E-state index contributed by atoms with van der Waals surface area (Å²) in [6, 6.07) is 5.11. The van der Waals surface area contributed by atoms with Gasteiger partial charge in [-0.1, -0.05) is 11.8 Å². The van der Waals surface area contributed by atoms with Gasteiger partial charge in [0.15, 0.2) is 0 Å². The van der Waals surface area contributed by atoms with Crippen molar-refractivity contribution in [3.05, 3.63) is 47.9 Å². The van der Waals surface area contributed by atoms with Crippen LogP contribution in [0.2, 0.25) is 0 Å². The first-order valence-electron chi connectivity index (χ1n) is 5.37. The maximum absolute atomic E-state index is 12.8. The molecule has 0 bridgehead atoms. The fraction of sp³-hybridized carbons (Fsp3) is 0.0833. The lowest BCUT2D eigenvalue weighted by Crippen LogP contribution is -2.18. The van der Waals surface area contributed by atoms with Crippen LogP contribution < -0.4 is 5.73 Å². The van der Waals surface area contributed by atoms with E-state index in [9.17, 15) is 13.2 Å². The minimum Gasteiger partial charge on any atom is -0.384 e. The number of nitrogen functional groups attached to an aromatic ring is 1. The highest BCUT2D eigenvalue weighted by Crippen LogP contribution is 2.35. The van der Waals surface area contributed by atoms with Crippen LogP contribution in [-0.2, 0) is 6.18 Å². The Morgan fingerprint density at radius 2 is 2.00 bits per heavy atom. The molecule has 3 N–H and O–H groups in total. The van der Waals surface area contributed by atoms with Crippen molar-refractivity contribution < 1.29 is 13.2 Å². The van der Waals surface area contributed by atoms with Gasteiger partial charge in [-0.05, 0) is 24.3 Å². The summed E-state index contributed by atoms with van der Waals surface area (Å²) in [5.74, 6) is -0.623. The Hall–Kier alpha value is -2.09. The lowest BCUT2D eigenvalue weighted by Gasteiger charge is -2.13. The molecule has 0 saturated carbocycles. The molecule has 1 aromatic heterocycles. The van der Waals surface area contributed by atoms with Gasteiger partial charge >= 0.3 is 6.18 Å². The normalized spacial score (nSPS) is 11.3. The van der Waals surface area contributed by atoms with E-state index < -0.39 is 17.6 Å². The van der Waals surface area contributed by atoms with Crippen molar-refractivity contribution in [3.8, 4) is 0 Å². The Bertz CT molecular complexity index is 628. The first kappa shape index (κ1) is 14.3. The number of alkyl halides is 3. The summed E-state index contributed by atoms with van der Waals surface area (Å²) in [5.41, 5.74) is 3.97. The van der Waals surface area contributed by atoms with E-state index in [0.29, 0.717) is 9.92 Å². The summed E-state index contributed by atoms with van der Waals surface area (Å²) >= 11 is 1.17. The van der Waals surface area contributed by atoms with Crippen molar-refractivity contribution in [3.63, 3.8) is 0 Å². The Morgan fingerprint density at radius 1 is 1.25 bits per heavy atom. The Balaban J connectivity index is 2.38. The fourth-order valence-corrected chi connectivity index (χ4v) is 2.30. The molecule has 0 aliphatic carbocycles. The van der Waals surface area contributed by atoms with Crippen molar-refractivity contribution >= 4 is 17.6 Å². The summed E-state index contributed by atoms with van der Waals surface area (Å²) < 4.78 is 38.4. The molecule has 1 heterocycles. The highest BCUT2D eigenvalue weighted by atomic mass is 32.2. The second-order valence-corrected chi connectivity index (χ2v) is 4.86. The lowest BCUT2D eigenvalue weighted by atomic mass is 10.1. The van der Waals surface area contributed by atoms with E-state index in [0.717, 1.165) is 6.07 Å². The molecule has 0 aliphatic heterocycles. The van der Waals surface area contributed by atoms with Crippen LogP contribution in [-0.4, -0.2) is 15.8 Å². The topological polar surface area (TPSA) is 75.7 Å². The number of hydrogen-bond donors (Lipinski definition) is 2. The van der Waals surface area contributed by atoms with Crippen LogP contribution in [0.4, 0.5) is 13.2 Å². The third-order valence-electron chi connectivity index (χ3n) is 2.36. The lowest BCUT2D eigenvalue weighted by molar-refractivity contribution is -0.137. The van der Waals surface area contributed by atoms with Gasteiger partial charge in [0.1, 0.15) is 17.2 Å². The average molecular weight is 298 g/mol. The van der Waals surface area contributed by atoms with Gasteiger partial charge in [-0.3, -0.25) is 5.41 Å². The third-order valence-corrected chi connectivity index (χ3v) is 3.30. The van der Waals surface area contributed by atoms with Gasteiger partial charge in [0.2, 0.25) is 0 Å². The van der Waals surface area contributed by atoms with Gasteiger partial charge in [-0.25, -0.2) is 9.97 Å². The van der Waals surface area contributed by atoms with E-state index in [1.807, 2.05) is 0 Å². The monoisotopic (exact) mass is 298 g/mol. The van der Waals surface area contributed by atoms with Gasteiger partial charge in [-0.15, -0.1) is 0 Å². The summed E-state index contributed by atoms with van der Waals surface area (Å²) in [5, 5.41) is 7.87. The highest BCUT2D eigenvalue weighted by molar-refractivity contribution is 7.99. The molecule has 0 amide bonds. The SMILES string of the molecule is N=C(N)c1cc(Sc2ccncn2)ccc1C(F)(F)F.